The average molecular weight is 444 g/mol. The molecule has 0 aromatic carbocycles. The largest absolute Gasteiger partial charge is 0.481 e. The molecule has 3 unspecified atom stereocenters. The number of hydrogen-bond acceptors (Lipinski definition) is 10. The maximum absolute atomic E-state index is 11.8. The first-order chi connectivity index (χ1) is 12.8. The first kappa shape index (κ1) is 23.2. The number of ether oxygens (including phenoxy) is 1. The molecule has 0 bridgehead atoms. The van der Waals surface area contributed by atoms with Gasteiger partial charge in [-0.15, -0.1) is 0 Å². The van der Waals surface area contributed by atoms with Crippen molar-refractivity contribution >= 4 is 21.6 Å². The molecule has 5 N–H and O–H groups in total. The van der Waals surface area contributed by atoms with Crippen LogP contribution < -0.4 is 5.32 Å². The summed E-state index contributed by atoms with van der Waals surface area (Å²) < 4.78 is 42.0. The quantitative estimate of drug-likeness (QED) is 0.303. The highest BCUT2D eigenvalue weighted by Gasteiger charge is 2.47. The summed E-state index contributed by atoms with van der Waals surface area (Å²) in [7, 11) is -9.92. The Morgan fingerprint density at radius 3 is 2.50 bits per heavy atom. The lowest BCUT2D eigenvalue weighted by molar-refractivity contribution is -0.118. The third-order valence-electron chi connectivity index (χ3n) is 3.53. The Morgan fingerprint density at radius 1 is 1.29 bits per heavy atom. The summed E-state index contributed by atoms with van der Waals surface area (Å²) in [5.41, 5.74) is 0. The van der Waals surface area contributed by atoms with Crippen LogP contribution in [0.1, 0.15) is 13.8 Å². The topological polar surface area (TPSA) is 184 Å². The van der Waals surface area contributed by atoms with Gasteiger partial charge in [-0.2, -0.15) is 4.31 Å². The fourth-order valence-electron chi connectivity index (χ4n) is 2.43. The standard InChI is InChI=1S/C13H22N2O11P2/c1-7(2)25-28(21,22)26-27(19,20)23-6-9-11(17)12(18)13(24-9)15-5-4-10(16)14-8(15)3/h4-5,7,9,11-13,17-18H,3,6H2,1-2H3,(H,14,16)(H,19,20)(H,21,22)/t9-,11+,12?,13-/m1/s1. The zero-order chi connectivity index (χ0) is 21.3. The SMILES string of the molecule is C=C1NC(=O)C=CN1[C@@H]1O[C@H](COP(=O)(O)OP(=O)(O)OC(C)C)[C@H](O)C1O. The summed E-state index contributed by atoms with van der Waals surface area (Å²) in [5.74, 6) is -0.363. The number of rotatable bonds is 8. The monoisotopic (exact) mass is 444 g/mol. The van der Waals surface area contributed by atoms with Gasteiger partial charge in [-0.1, -0.05) is 6.58 Å². The van der Waals surface area contributed by atoms with E-state index < -0.39 is 58.8 Å². The second-order valence-electron chi connectivity index (χ2n) is 6.17. The molecule has 0 aromatic heterocycles. The summed E-state index contributed by atoms with van der Waals surface area (Å²) in [6.45, 7) is 5.64. The van der Waals surface area contributed by atoms with Crippen molar-refractivity contribution in [2.75, 3.05) is 6.61 Å². The number of phosphoric ester groups is 2. The maximum atomic E-state index is 11.8. The van der Waals surface area contributed by atoms with Crippen molar-refractivity contribution < 1.29 is 52.0 Å². The van der Waals surface area contributed by atoms with E-state index in [2.05, 4.69) is 25.3 Å². The summed E-state index contributed by atoms with van der Waals surface area (Å²) in [5, 5.41) is 22.6. The molecule has 1 amide bonds. The molecule has 13 nitrogen and oxygen atoms in total. The molecule has 28 heavy (non-hydrogen) atoms. The van der Waals surface area contributed by atoms with Gasteiger partial charge in [-0.05, 0) is 13.8 Å². The summed E-state index contributed by atoms with van der Waals surface area (Å²) in [4.78, 5) is 31.5. The first-order valence-corrected chi connectivity index (χ1v) is 11.0. The molecule has 2 aliphatic rings. The predicted octanol–water partition coefficient (Wildman–Crippen LogP) is -0.491. The van der Waals surface area contributed by atoms with E-state index in [9.17, 15) is 33.9 Å². The van der Waals surface area contributed by atoms with Crippen LogP contribution in [0.15, 0.2) is 24.7 Å². The van der Waals surface area contributed by atoms with Gasteiger partial charge in [0.2, 0.25) is 0 Å². The Morgan fingerprint density at radius 2 is 1.93 bits per heavy atom. The van der Waals surface area contributed by atoms with Crippen LogP contribution in [0, 0.1) is 0 Å². The number of aliphatic hydroxyl groups is 2. The Labute approximate surface area is 160 Å². The predicted molar refractivity (Wildman–Crippen MR) is 91.8 cm³/mol. The van der Waals surface area contributed by atoms with Gasteiger partial charge in [0.05, 0.1) is 12.7 Å². The molecule has 0 radical (unpaired) electrons. The molecule has 15 heteroatoms. The number of nitrogens with one attached hydrogen (secondary N) is 1. The second-order valence-corrected chi connectivity index (χ2v) is 9.17. The fourth-order valence-corrected chi connectivity index (χ4v) is 4.68. The molecular weight excluding hydrogens is 422 g/mol. The minimum Gasteiger partial charge on any atom is -0.387 e. The molecule has 1 fully saturated rings. The Bertz CT molecular complexity index is 742. The van der Waals surface area contributed by atoms with Crippen LogP contribution in [0.25, 0.3) is 0 Å². The average Bonchev–Trinajstić information content (AvgIpc) is 2.79. The molecular formula is C13H22N2O11P2. The molecule has 2 heterocycles. The van der Waals surface area contributed by atoms with Gasteiger partial charge in [-0.3, -0.25) is 13.8 Å². The van der Waals surface area contributed by atoms with Crippen molar-refractivity contribution in [1.82, 2.24) is 10.2 Å². The highest BCUT2D eigenvalue weighted by molar-refractivity contribution is 7.61. The highest BCUT2D eigenvalue weighted by Crippen LogP contribution is 2.61. The van der Waals surface area contributed by atoms with Crippen LogP contribution in [0.3, 0.4) is 0 Å². The molecule has 0 aliphatic carbocycles. The van der Waals surface area contributed by atoms with E-state index in [0.717, 1.165) is 6.08 Å². The number of phosphoric acid groups is 2. The van der Waals surface area contributed by atoms with Crippen LogP contribution in [0.4, 0.5) is 0 Å². The Kier molecular flexibility index (Phi) is 7.22. The smallest absolute Gasteiger partial charge is 0.387 e. The van der Waals surface area contributed by atoms with Crippen LogP contribution in [-0.2, 0) is 32.0 Å². The first-order valence-electron chi connectivity index (χ1n) is 7.99. The third kappa shape index (κ3) is 5.94. The van der Waals surface area contributed by atoms with Crippen molar-refractivity contribution in [2.24, 2.45) is 0 Å². The molecule has 6 atom stereocenters. The number of nitrogens with zero attached hydrogens (tertiary/aromatic N) is 1. The minimum atomic E-state index is -5.05. The number of carbonyl (C=O) groups excluding carboxylic acids is 1. The van der Waals surface area contributed by atoms with Crippen LogP contribution in [-0.4, -0.2) is 68.1 Å². The van der Waals surface area contributed by atoms with Crippen LogP contribution in [0.2, 0.25) is 0 Å². The normalized spacial score (nSPS) is 32.3. The van der Waals surface area contributed by atoms with Gasteiger partial charge in [0.1, 0.15) is 24.1 Å². The van der Waals surface area contributed by atoms with Crippen molar-refractivity contribution in [3.63, 3.8) is 0 Å². The van der Waals surface area contributed by atoms with E-state index in [0.29, 0.717) is 0 Å². The van der Waals surface area contributed by atoms with E-state index in [4.69, 9.17) is 4.74 Å². The fraction of sp³-hybridized carbons (Fsp3) is 0.615. The third-order valence-corrected chi connectivity index (χ3v) is 6.34. The molecule has 0 saturated carbocycles. The van der Waals surface area contributed by atoms with Crippen molar-refractivity contribution in [3.8, 4) is 0 Å². The summed E-state index contributed by atoms with van der Waals surface area (Å²) in [6, 6.07) is 0. The van der Waals surface area contributed by atoms with Crippen molar-refractivity contribution in [3.05, 3.63) is 24.7 Å². The maximum Gasteiger partial charge on any atom is 0.481 e. The number of hydrogen-bond donors (Lipinski definition) is 5. The van der Waals surface area contributed by atoms with Crippen LogP contribution >= 0.6 is 15.6 Å². The molecule has 160 valence electrons. The number of carbonyl (C=O) groups is 1. The molecule has 0 aromatic rings. The molecule has 2 aliphatic heterocycles. The number of amides is 1. The molecule has 2 rings (SSSR count). The lowest BCUT2D eigenvalue weighted by atomic mass is 10.1. The lowest BCUT2D eigenvalue weighted by Gasteiger charge is -2.32. The van der Waals surface area contributed by atoms with E-state index in [1.54, 1.807) is 0 Å². The lowest BCUT2D eigenvalue weighted by Crippen LogP contribution is -2.46. The van der Waals surface area contributed by atoms with Gasteiger partial charge >= 0.3 is 15.6 Å². The summed E-state index contributed by atoms with van der Waals surface area (Å²) in [6.07, 6.45) is -3.86. The highest BCUT2D eigenvalue weighted by atomic mass is 31.3. The van der Waals surface area contributed by atoms with Crippen LogP contribution in [0.5, 0.6) is 0 Å². The molecule has 0 spiro atoms. The Balaban J connectivity index is 1.98. The van der Waals surface area contributed by atoms with E-state index in [-0.39, 0.29) is 5.82 Å². The zero-order valence-corrected chi connectivity index (χ0v) is 16.7. The van der Waals surface area contributed by atoms with Crippen molar-refractivity contribution in [1.29, 1.82) is 0 Å². The van der Waals surface area contributed by atoms with Gasteiger partial charge < -0.3 is 35.0 Å². The van der Waals surface area contributed by atoms with Gasteiger partial charge in [0.25, 0.3) is 5.91 Å². The zero-order valence-electron chi connectivity index (χ0n) is 14.9. The van der Waals surface area contributed by atoms with Gasteiger partial charge in [0.15, 0.2) is 6.23 Å². The van der Waals surface area contributed by atoms with E-state index in [1.807, 2.05) is 0 Å². The van der Waals surface area contributed by atoms with E-state index >= 15 is 0 Å². The number of aliphatic hydroxyl groups excluding tert-OH is 2. The second kappa shape index (κ2) is 8.72. The van der Waals surface area contributed by atoms with E-state index in [1.165, 1.54) is 24.9 Å². The molecule has 1 saturated heterocycles. The van der Waals surface area contributed by atoms with Crippen molar-refractivity contribution in [2.45, 2.75) is 44.5 Å². The van der Waals surface area contributed by atoms with Gasteiger partial charge in [0, 0.05) is 12.3 Å². The Hall–Kier alpha value is -1.11. The summed E-state index contributed by atoms with van der Waals surface area (Å²) >= 11 is 0. The van der Waals surface area contributed by atoms with Gasteiger partial charge in [-0.25, -0.2) is 9.13 Å². The minimum absolute atomic E-state index is 0.0773.